The Morgan fingerprint density at radius 3 is 2.81 bits per heavy atom. The van der Waals surface area contributed by atoms with Crippen LogP contribution in [-0.2, 0) is 19.6 Å². The summed E-state index contributed by atoms with van der Waals surface area (Å²) in [6.07, 6.45) is 9.87. The summed E-state index contributed by atoms with van der Waals surface area (Å²) in [5.41, 5.74) is 5.62. The number of nitrogens with zero attached hydrogens (tertiary/aromatic N) is 4. The number of allylic oxidation sites excluding steroid dienone is 1. The molecule has 0 N–H and O–H groups in total. The standard InChI is InChI=1S/C29H33ClN4O2/c1-32(2)19-27-4-3-12-33(27)18-21-5-6-23-15-26(10-7-22(23)14-21)34-13-11-28(16-29(34)35)36-20-25-9-8-24(30)17-31-25/h5-6,8-9,11,13-17,27H,3-4,7,10,12,18-20H2,1-2H3/t27-/m0/s1. The molecule has 1 aromatic carbocycles. The molecule has 1 atom stereocenters. The van der Waals surface area contributed by atoms with Crippen molar-refractivity contribution in [3.05, 3.63) is 92.6 Å². The number of ether oxygens (including phenoxy) is 1. The van der Waals surface area contributed by atoms with Crippen LogP contribution in [0.2, 0.25) is 5.02 Å². The Labute approximate surface area is 217 Å². The zero-order valence-electron chi connectivity index (χ0n) is 21.0. The molecule has 1 saturated heterocycles. The maximum absolute atomic E-state index is 12.9. The van der Waals surface area contributed by atoms with Crippen LogP contribution >= 0.6 is 11.6 Å². The first-order chi connectivity index (χ1) is 17.4. The molecule has 36 heavy (non-hydrogen) atoms. The van der Waals surface area contributed by atoms with Crippen LogP contribution in [-0.4, -0.2) is 52.6 Å². The number of benzene rings is 1. The minimum Gasteiger partial charge on any atom is -0.487 e. The average Bonchev–Trinajstić information content (AvgIpc) is 3.29. The lowest BCUT2D eigenvalue weighted by Gasteiger charge is -2.27. The third-order valence-electron chi connectivity index (χ3n) is 7.02. The summed E-state index contributed by atoms with van der Waals surface area (Å²) < 4.78 is 7.49. The average molecular weight is 505 g/mol. The molecule has 0 unspecified atom stereocenters. The van der Waals surface area contributed by atoms with Gasteiger partial charge in [0.2, 0.25) is 0 Å². The highest BCUT2D eigenvalue weighted by molar-refractivity contribution is 6.30. The van der Waals surface area contributed by atoms with E-state index in [1.807, 2.05) is 12.1 Å². The molecule has 0 radical (unpaired) electrons. The number of pyridine rings is 2. The fourth-order valence-corrected chi connectivity index (χ4v) is 5.33. The molecule has 5 rings (SSSR count). The molecule has 0 bridgehead atoms. The van der Waals surface area contributed by atoms with Crippen molar-refractivity contribution in [2.45, 2.75) is 44.9 Å². The number of aryl methyl sites for hydroxylation is 1. The number of likely N-dealkylation sites (N-methyl/N-ethyl adjacent to an activating group) is 1. The van der Waals surface area contributed by atoms with Crippen LogP contribution in [0.25, 0.3) is 11.8 Å². The first-order valence-corrected chi connectivity index (χ1v) is 13.0. The van der Waals surface area contributed by atoms with E-state index in [4.69, 9.17) is 16.3 Å². The summed E-state index contributed by atoms with van der Waals surface area (Å²) in [7, 11) is 4.31. The number of fused-ring (bicyclic) bond motifs is 1. The van der Waals surface area contributed by atoms with E-state index < -0.39 is 0 Å². The number of halogens is 1. The molecule has 6 nitrogen and oxygen atoms in total. The van der Waals surface area contributed by atoms with Crippen molar-refractivity contribution in [2.75, 3.05) is 27.2 Å². The van der Waals surface area contributed by atoms with Crippen molar-refractivity contribution in [2.24, 2.45) is 0 Å². The minimum atomic E-state index is -0.0937. The van der Waals surface area contributed by atoms with Gasteiger partial charge in [-0.15, -0.1) is 0 Å². The molecule has 0 saturated carbocycles. The Hall–Kier alpha value is -2.93. The molecular formula is C29H33ClN4O2. The molecule has 188 valence electrons. The zero-order valence-corrected chi connectivity index (χ0v) is 21.7. The summed E-state index contributed by atoms with van der Waals surface area (Å²) in [5.74, 6) is 0.531. The highest BCUT2D eigenvalue weighted by atomic mass is 35.5. The summed E-state index contributed by atoms with van der Waals surface area (Å²) in [6.45, 7) is 3.59. The van der Waals surface area contributed by atoms with Crippen LogP contribution in [0.3, 0.4) is 0 Å². The normalized spacial score (nSPS) is 17.8. The molecule has 7 heteroatoms. The Balaban J connectivity index is 1.26. The summed E-state index contributed by atoms with van der Waals surface area (Å²) in [4.78, 5) is 22.0. The molecule has 1 aliphatic carbocycles. The Kier molecular flexibility index (Phi) is 7.56. The van der Waals surface area contributed by atoms with E-state index in [-0.39, 0.29) is 12.2 Å². The Bertz CT molecular complexity index is 1300. The van der Waals surface area contributed by atoms with Crippen LogP contribution in [0.15, 0.2) is 59.7 Å². The first kappa shape index (κ1) is 24.8. The number of rotatable bonds is 8. The second kappa shape index (κ2) is 11.0. The van der Waals surface area contributed by atoms with Crippen LogP contribution in [0.1, 0.15) is 41.6 Å². The molecule has 0 spiro atoms. The second-order valence-corrected chi connectivity index (χ2v) is 10.5. The Morgan fingerprint density at radius 1 is 1.14 bits per heavy atom. The van der Waals surface area contributed by atoms with E-state index in [1.165, 1.54) is 42.1 Å². The molecule has 0 amide bonds. The van der Waals surface area contributed by atoms with Crippen molar-refractivity contribution in [3.63, 3.8) is 0 Å². The summed E-state index contributed by atoms with van der Waals surface area (Å²) in [5, 5.41) is 0.583. The van der Waals surface area contributed by atoms with E-state index in [0.717, 1.165) is 37.3 Å². The van der Waals surface area contributed by atoms with Crippen molar-refractivity contribution in [1.82, 2.24) is 19.4 Å². The molecule has 1 fully saturated rings. The van der Waals surface area contributed by atoms with Gasteiger partial charge in [-0.25, -0.2) is 0 Å². The van der Waals surface area contributed by atoms with Gasteiger partial charge in [0.05, 0.1) is 10.7 Å². The fourth-order valence-electron chi connectivity index (χ4n) is 5.22. The van der Waals surface area contributed by atoms with Crippen LogP contribution in [0.4, 0.5) is 0 Å². The molecule has 1 aliphatic heterocycles. The monoisotopic (exact) mass is 504 g/mol. The Morgan fingerprint density at radius 2 is 2.03 bits per heavy atom. The highest BCUT2D eigenvalue weighted by Gasteiger charge is 2.25. The van der Waals surface area contributed by atoms with Gasteiger partial charge < -0.3 is 9.64 Å². The third kappa shape index (κ3) is 5.89. The van der Waals surface area contributed by atoms with E-state index in [0.29, 0.717) is 16.8 Å². The molecule has 2 aromatic heterocycles. The number of hydrogen-bond donors (Lipinski definition) is 0. The smallest absolute Gasteiger partial charge is 0.258 e. The SMILES string of the molecule is CN(C)C[C@@H]1CCCN1Cc1ccc2c(c1)CCC(n1ccc(OCc3ccc(Cl)cn3)cc1=O)=C2. The molecule has 2 aliphatic rings. The van der Waals surface area contributed by atoms with Crippen LogP contribution in [0, 0.1) is 0 Å². The van der Waals surface area contributed by atoms with E-state index in [1.54, 1.807) is 23.0 Å². The van der Waals surface area contributed by atoms with E-state index in [9.17, 15) is 4.79 Å². The van der Waals surface area contributed by atoms with Gasteiger partial charge >= 0.3 is 0 Å². The second-order valence-electron chi connectivity index (χ2n) is 10.0. The van der Waals surface area contributed by atoms with Gasteiger partial charge in [0.15, 0.2) is 0 Å². The van der Waals surface area contributed by atoms with Gasteiger partial charge in [-0.1, -0.05) is 29.8 Å². The predicted octanol–water partition coefficient (Wildman–Crippen LogP) is 4.95. The number of likely N-dealkylation sites (tertiary alicyclic amines) is 1. The van der Waals surface area contributed by atoms with Crippen molar-refractivity contribution < 1.29 is 4.74 Å². The maximum atomic E-state index is 12.9. The zero-order chi connectivity index (χ0) is 25.1. The lowest BCUT2D eigenvalue weighted by molar-refractivity contribution is 0.201. The van der Waals surface area contributed by atoms with Gasteiger partial charge in [-0.05, 0) is 87.3 Å². The van der Waals surface area contributed by atoms with Crippen LogP contribution < -0.4 is 10.3 Å². The minimum absolute atomic E-state index is 0.0937. The third-order valence-corrected chi connectivity index (χ3v) is 7.24. The van der Waals surface area contributed by atoms with Crippen molar-refractivity contribution >= 4 is 23.4 Å². The van der Waals surface area contributed by atoms with Crippen LogP contribution in [0.5, 0.6) is 5.75 Å². The lowest BCUT2D eigenvalue weighted by atomic mass is 9.93. The predicted molar refractivity (Wildman–Crippen MR) is 145 cm³/mol. The topological polar surface area (TPSA) is 50.6 Å². The number of aromatic nitrogens is 2. The van der Waals surface area contributed by atoms with Gasteiger partial charge in [0, 0.05) is 43.3 Å². The van der Waals surface area contributed by atoms with Gasteiger partial charge in [0.25, 0.3) is 5.56 Å². The molecular weight excluding hydrogens is 472 g/mol. The molecule has 3 heterocycles. The van der Waals surface area contributed by atoms with Gasteiger partial charge in [-0.3, -0.25) is 19.2 Å². The molecule has 3 aromatic rings. The van der Waals surface area contributed by atoms with E-state index in [2.05, 4.69) is 53.2 Å². The first-order valence-electron chi connectivity index (χ1n) is 12.6. The van der Waals surface area contributed by atoms with E-state index >= 15 is 0 Å². The number of hydrogen-bond acceptors (Lipinski definition) is 5. The largest absolute Gasteiger partial charge is 0.487 e. The van der Waals surface area contributed by atoms with Gasteiger partial charge in [-0.2, -0.15) is 0 Å². The quantitative estimate of drug-likeness (QED) is 0.434. The fraction of sp³-hybridized carbons (Fsp3) is 0.379. The van der Waals surface area contributed by atoms with Gasteiger partial charge in [0.1, 0.15) is 12.4 Å². The van der Waals surface area contributed by atoms with Crippen molar-refractivity contribution in [1.29, 1.82) is 0 Å². The summed E-state index contributed by atoms with van der Waals surface area (Å²) >= 11 is 5.88. The lowest BCUT2D eigenvalue weighted by Crippen LogP contribution is -2.37. The van der Waals surface area contributed by atoms with Crippen molar-refractivity contribution in [3.8, 4) is 5.75 Å². The summed E-state index contributed by atoms with van der Waals surface area (Å²) in [6, 6.07) is 14.4. The maximum Gasteiger partial charge on any atom is 0.258 e. The highest BCUT2D eigenvalue weighted by Crippen LogP contribution is 2.29.